The number of rotatable bonds is 5. The second kappa shape index (κ2) is 7.03. The fraction of sp³-hybridized carbons (Fsp3) is 0.529. The Morgan fingerprint density at radius 1 is 1.29 bits per heavy atom. The van der Waals surface area contributed by atoms with Gasteiger partial charge in [0.15, 0.2) is 0 Å². The molecule has 1 unspecified atom stereocenters. The van der Waals surface area contributed by atoms with Gasteiger partial charge in [0.05, 0.1) is 0 Å². The molecule has 3 nitrogen and oxygen atoms in total. The van der Waals surface area contributed by atoms with Crippen LogP contribution >= 0.6 is 12.2 Å². The predicted octanol–water partition coefficient (Wildman–Crippen LogP) is 3.75. The summed E-state index contributed by atoms with van der Waals surface area (Å²) in [7, 11) is 1.81. The maximum Gasteiger partial charge on any atom is 0.226 e. The first kappa shape index (κ1) is 17.6. The Hall–Kier alpha value is -1.42. The van der Waals surface area contributed by atoms with Crippen molar-refractivity contribution in [1.29, 1.82) is 0 Å². The number of nitrogens with zero attached hydrogens (tertiary/aromatic N) is 1. The van der Waals surface area contributed by atoms with E-state index in [9.17, 15) is 4.79 Å². The minimum Gasteiger partial charge on any atom is -0.389 e. The molecule has 1 amide bonds. The van der Waals surface area contributed by atoms with E-state index in [0.29, 0.717) is 17.3 Å². The first-order chi connectivity index (χ1) is 9.60. The third-order valence-corrected chi connectivity index (χ3v) is 3.63. The van der Waals surface area contributed by atoms with Gasteiger partial charge >= 0.3 is 0 Å². The highest BCUT2D eigenvalue weighted by atomic mass is 32.1. The van der Waals surface area contributed by atoms with Gasteiger partial charge in [-0.15, -0.1) is 0 Å². The molecule has 0 aromatic heterocycles. The summed E-state index contributed by atoms with van der Waals surface area (Å²) in [6.07, 6.45) is 1.60. The summed E-state index contributed by atoms with van der Waals surface area (Å²) >= 11 is 4.93. The molecule has 0 aliphatic rings. The van der Waals surface area contributed by atoms with Crippen molar-refractivity contribution < 1.29 is 4.79 Å². The minimum absolute atomic E-state index is 0.134. The van der Waals surface area contributed by atoms with Gasteiger partial charge in [-0.05, 0) is 42.0 Å². The zero-order valence-electron chi connectivity index (χ0n) is 13.6. The summed E-state index contributed by atoms with van der Waals surface area (Å²) in [6, 6.07) is 7.45. The van der Waals surface area contributed by atoms with Gasteiger partial charge in [-0.25, -0.2) is 0 Å². The SMILES string of the molecule is CC(CC(=O)N(C)c1ccc(C(N)=S)cc1)CC(C)(C)C. The smallest absolute Gasteiger partial charge is 0.226 e. The second-order valence-corrected chi connectivity index (χ2v) is 7.38. The highest BCUT2D eigenvalue weighted by Gasteiger charge is 2.20. The van der Waals surface area contributed by atoms with Crippen LogP contribution in [0.15, 0.2) is 24.3 Å². The molecule has 21 heavy (non-hydrogen) atoms. The molecule has 2 N–H and O–H groups in total. The van der Waals surface area contributed by atoms with Crippen molar-refractivity contribution >= 4 is 28.8 Å². The first-order valence-electron chi connectivity index (χ1n) is 7.26. The van der Waals surface area contributed by atoms with E-state index >= 15 is 0 Å². The Morgan fingerprint density at radius 3 is 2.24 bits per heavy atom. The van der Waals surface area contributed by atoms with Crippen molar-refractivity contribution in [1.82, 2.24) is 0 Å². The number of nitrogens with two attached hydrogens (primary N) is 1. The number of benzene rings is 1. The summed E-state index contributed by atoms with van der Waals surface area (Å²) in [5, 5.41) is 0. The number of thiocarbonyl (C=S) groups is 1. The minimum atomic E-state index is 0.134. The molecule has 0 aliphatic carbocycles. The molecule has 116 valence electrons. The summed E-state index contributed by atoms with van der Waals surface area (Å²) in [5.74, 6) is 0.505. The van der Waals surface area contributed by atoms with Crippen LogP contribution in [0.3, 0.4) is 0 Å². The normalized spacial score (nSPS) is 12.8. The standard InChI is InChI=1S/C17H26N2OS/c1-12(11-17(2,3)4)10-15(20)19(5)14-8-6-13(7-9-14)16(18)21/h6-9,12H,10-11H2,1-5H3,(H2,18,21). The van der Waals surface area contributed by atoms with Crippen LogP contribution < -0.4 is 10.6 Å². The Balaban J connectivity index is 2.67. The van der Waals surface area contributed by atoms with E-state index in [1.165, 1.54) is 0 Å². The zero-order valence-corrected chi connectivity index (χ0v) is 14.5. The lowest BCUT2D eigenvalue weighted by Gasteiger charge is -2.25. The Bertz CT molecular complexity index is 503. The van der Waals surface area contributed by atoms with Crippen molar-refractivity contribution in [3.05, 3.63) is 29.8 Å². The fourth-order valence-electron chi connectivity index (χ4n) is 2.55. The van der Waals surface area contributed by atoms with Gasteiger partial charge in [-0.1, -0.05) is 39.9 Å². The molecular weight excluding hydrogens is 280 g/mol. The largest absolute Gasteiger partial charge is 0.389 e. The van der Waals surface area contributed by atoms with Gasteiger partial charge < -0.3 is 10.6 Å². The quantitative estimate of drug-likeness (QED) is 0.843. The van der Waals surface area contributed by atoms with Crippen LogP contribution in [0.5, 0.6) is 0 Å². The summed E-state index contributed by atoms with van der Waals surface area (Å²) in [4.78, 5) is 14.4. The third kappa shape index (κ3) is 5.84. The fourth-order valence-corrected chi connectivity index (χ4v) is 2.68. The molecule has 0 radical (unpaired) electrons. The van der Waals surface area contributed by atoms with Gasteiger partial charge in [0.2, 0.25) is 5.91 Å². The van der Waals surface area contributed by atoms with Gasteiger partial charge in [0.1, 0.15) is 4.99 Å². The molecule has 1 aromatic rings. The average Bonchev–Trinajstić information content (AvgIpc) is 2.35. The molecule has 0 bridgehead atoms. The molecule has 0 heterocycles. The highest BCUT2D eigenvalue weighted by Crippen LogP contribution is 2.27. The Morgan fingerprint density at radius 2 is 1.81 bits per heavy atom. The lowest BCUT2D eigenvalue weighted by atomic mass is 9.84. The van der Waals surface area contributed by atoms with E-state index in [-0.39, 0.29) is 11.3 Å². The lowest BCUT2D eigenvalue weighted by Crippen LogP contribution is -2.28. The summed E-state index contributed by atoms with van der Waals surface area (Å²) in [5.41, 5.74) is 7.50. The van der Waals surface area contributed by atoms with E-state index in [1.54, 1.807) is 4.90 Å². The Labute approximate surface area is 133 Å². The van der Waals surface area contributed by atoms with Crippen LogP contribution in [-0.4, -0.2) is 17.9 Å². The van der Waals surface area contributed by atoms with Gasteiger partial charge in [0.25, 0.3) is 0 Å². The number of carbonyl (C=O) groups is 1. The molecule has 1 atom stereocenters. The van der Waals surface area contributed by atoms with Crippen LogP contribution in [-0.2, 0) is 4.79 Å². The molecule has 1 rings (SSSR count). The van der Waals surface area contributed by atoms with E-state index in [0.717, 1.165) is 17.7 Å². The monoisotopic (exact) mass is 306 g/mol. The first-order valence-corrected chi connectivity index (χ1v) is 7.67. The number of carbonyl (C=O) groups excluding carboxylic acids is 1. The molecule has 0 aliphatic heterocycles. The number of anilines is 1. The number of hydrogen-bond donors (Lipinski definition) is 1. The van der Waals surface area contributed by atoms with Crippen molar-refractivity contribution in [2.24, 2.45) is 17.1 Å². The van der Waals surface area contributed by atoms with Crippen LogP contribution in [0, 0.1) is 11.3 Å². The lowest BCUT2D eigenvalue weighted by molar-refractivity contribution is -0.119. The van der Waals surface area contributed by atoms with Gasteiger partial charge in [0, 0.05) is 24.7 Å². The zero-order chi connectivity index (χ0) is 16.2. The van der Waals surface area contributed by atoms with Gasteiger partial charge in [-0.3, -0.25) is 4.79 Å². The molecule has 1 aromatic carbocycles. The number of amides is 1. The Kier molecular flexibility index (Phi) is 5.90. The molecule has 0 fully saturated rings. The summed E-state index contributed by atoms with van der Waals surface area (Å²) < 4.78 is 0. The second-order valence-electron chi connectivity index (χ2n) is 6.94. The molecule has 0 saturated carbocycles. The maximum atomic E-state index is 12.3. The topological polar surface area (TPSA) is 46.3 Å². The van der Waals surface area contributed by atoms with E-state index in [4.69, 9.17) is 18.0 Å². The van der Waals surface area contributed by atoms with Crippen LogP contribution in [0.1, 0.15) is 46.1 Å². The van der Waals surface area contributed by atoms with Gasteiger partial charge in [-0.2, -0.15) is 0 Å². The van der Waals surface area contributed by atoms with E-state index < -0.39 is 0 Å². The maximum absolute atomic E-state index is 12.3. The van der Waals surface area contributed by atoms with Crippen molar-refractivity contribution in [3.8, 4) is 0 Å². The van der Waals surface area contributed by atoms with Crippen molar-refractivity contribution in [2.75, 3.05) is 11.9 Å². The average molecular weight is 306 g/mol. The van der Waals surface area contributed by atoms with E-state index in [1.807, 2.05) is 31.3 Å². The van der Waals surface area contributed by atoms with Crippen molar-refractivity contribution in [2.45, 2.75) is 40.5 Å². The highest BCUT2D eigenvalue weighted by molar-refractivity contribution is 7.80. The van der Waals surface area contributed by atoms with Crippen LogP contribution in [0.25, 0.3) is 0 Å². The van der Waals surface area contributed by atoms with Crippen molar-refractivity contribution in [3.63, 3.8) is 0 Å². The third-order valence-electron chi connectivity index (χ3n) is 3.40. The summed E-state index contributed by atoms with van der Waals surface area (Å²) in [6.45, 7) is 8.73. The predicted molar refractivity (Wildman–Crippen MR) is 93.6 cm³/mol. The molecule has 0 spiro atoms. The number of hydrogen-bond acceptors (Lipinski definition) is 2. The van der Waals surface area contributed by atoms with Crippen LogP contribution in [0.2, 0.25) is 0 Å². The van der Waals surface area contributed by atoms with E-state index in [2.05, 4.69) is 27.7 Å². The van der Waals surface area contributed by atoms with Crippen LogP contribution in [0.4, 0.5) is 5.69 Å². The molecule has 4 heteroatoms. The molecule has 0 saturated heterocycles. The molecular formula is C17H26N2OS.